The predicted octanol–water partition coefficient (Wildman–Crippen LogP) is 2.05. The number of anilines is 2. The summed E-state index contributed by atoms with van der Waals surface area (Å²) in [6.07, 6.45) is 4.96. The SMILES string of the molecule is CCn1ccnc1N1CCc2ccc(N)cc2C1. The monoisotopic (exact) mass is 242 g/mol. The first-order valence-corrected chi connectivity index (χ1v) is 6.41. The number of nitrogen functional groups attached to an aromatic ring is 1. The zero-order chi connectivity index (χ0) is 12.5. The number of nitrogens with two attached hydrogens (primary N) is 1. The van der Waals surface area contributed by atoms with Gasteiger partial charge in [-0.2, -0.15) is 0 Å². The van der Waals surface area contributed by atoms with E-state index in [1.165, 1.54) is 11.1 Å². The number of hydrogen-bond acceptors (Lipinski definition) is 3. The van der Waals surface area contributed by atoms with Gasteiger partial charge in [-0.3, -0.25) is 0 Å². The average molecular weight is 242 g/mol. The second-order valence-corrected chi connectivity index (χ2v) is 4.71. The van der Waals surface area contributed by atoms with Crippen molar-refractivity contribution >= 4 is 11.6 Å². The molecule has 0 saturated carbocycles. The van der Waals surface area contributed by atoms with Crippen LogP contribution in [0, 0.1) is 0 Å². The molecule has 94 valence electrons. The van der Waals surface area contributed by atoms with E-state index in [1.807, 2.05) is 18.5 Å². The molecule has 0 amide bonds. The largest absolute Gasteiger partial charge is 0.399 e. The minimum Gasteiger partial charge on any atom is -0.399 e. The number of aryl methyl sites for hydroxylation is 1. The van der Waals surface area contributed by atoms with Crippen LogP contribution in [0.1, 0.15) is 18.1 Å². The van der Waals surface area contributed by atoms with E-state index in [9.17, 15) is 0 Å². The first-order chi connectivity index (χ1) is 8.78. The Labute approximate surface area is 107 Å². The van der Waals surface area contributed by atoms with E-state index in [-0.39, 0.29) is 0 Å². The highest BCUT2D eigenvalue weighted by Gasteiger charge is 2.19. The third-order valence-electron chi connectivity index (χ3n) is 3.56. The zero-order valence-electron chi connectivity index (χ0n) is 10.6. The molecule has 2 heterocycles. The Morgan fingerprint density at radius 3 is 3.06 bits per heavy atom. The summed E-state index contributed by atoms with van der Waals surface area (Å²) in [4.78, 5) is 6.79. The molecular formula is C14H18N4. The molecule has 2 N–H and O–H groups in total. The fourth-order valence-electron chi connectivity index (χ4n) is 2.58. The number of nitrogens with zero attached hydrogens (tertiary/aromatic N) is 3. The predicted molar refractivity (Wildman–Crippen MR) is 73.5 cm³/mol. The summed E-state index contributed by atoms with van der Waals surface area (Å²) < 4.78 is 2.18. The van der Waals surface area contributed by atoms with E-state index < -0.39 is 0 Å². The molecular weight excluding hydrogens is 224 g/mol. The highest BCUT2D eigenvalue weighted by Crippen LogP contribution is 2.24. The molecule has 1 aromatic carbocycles. The van der Waals surface area contributed by atoms with Gasteiger partial charge >= 0.3 is 0 Å². The lowest BCUT2D eigenvalue weighted by Gasteiger charge is -2.30. The summed E-state index contributed by atoms with van der Waals surface area (Å²) in [5.41, 5.74) is 9.44. The normalized spacial score (nSPS) is 14.6. The Morgan fingerprint density at radius 1 is 1.33 bits per heavy atom. The lowest BCUT2D eigenvalue weighted by atomic mass is 9.99. The van der Waals surface area contributed by atoms with Crippen molar-refractivity contribution in [1.29, 1.82) is 0 Å². The summed E-state index contributed by atoms with van der Waals surface area (Å²) in [6.45, 7) is 5.02. The van der Waals surface area contributed by atoms with Gasteiger partial charge in [0.15, 0.2) is 0 Å². The minimum atomic E-state index is 0.842. The van der Waals surface area contributed by atoms with E-state index in [2.05, 4.69) is 33.5 Å². The van der Waals surface area contributed by atoms with Crippen LogP contribution in [-0.4, -0.2) is 16.1 Å². The van der Waals surface area contributed by atoms with Gasteiger partial charge in [0.25, 0.3) is 0 Å². The molecule has 0 saturated heterocycles. The van der Waals surface area contributed by atoms with Gasteiger partial charge in [0.1, 0.15) is 0 Å². The minimum absolute atomic E-state index is 0.842. The maximum Gasteiger partial charge on any atom is 0.205 e. The van der Waals surface area contributed by atoms with Crippen molar-refractivity contribution in [3.63, 3.8) is 0 Å². The van der Waals surface area contributed by atoms with Crippen LogP contribution in [0.25, 0.3) is 0 Å². The molecule has 4 nitrogen and oxygen atoms in total. The van der Waals surface area contributed by atoms with Crippen molar-refractivity contribution in [3.05, 3.63) is 41.7 Å². The van der Waals surface area contributed by atoms with Gasteiger partial charge < -0.3 is 15.2 Å². The second-order valence-electron chi connectivity index (χ2n) is 4.71. The van der Waals surface area contributed by atoms with Gasteiger partial charge in [0.2, 0.25) is 5.95 Å². The van der Waals surface area contributed by atoms with E-state index in [0.717, 1.165) is 37.7 Å². The number of hydrogen-bond donors (Lipinski definition) is 1. The molecule has 0 fully saturated rings. The molecule has 0 unspecified atom stereocenters. The number of benzene rings is 1. The van der Waals surface area contributed by atoms with Crippen molar-refractivity contribution in [3.8, 4) is 0 Å². The summed E-state index contributed by atoms with van der Waals surface area (Å²) in [7, 11) is 0. The van der Waals surface area contributed by atoms with Gasteiger partial charge in [0.05, 0.1) is 0 Å². The maximum atomic E-state index is 5.86. The Kier molecular flexibility index (Phi) is 2.70. The molecule has 4 heteroatoms. The van der Waals surface area contributed by atoms with E-state index in [4.69, 9.17) is 5.73 Å². The zero-order valence-corrected chi connectivity index (χ0v) is 10.6. The quantitative estimate of drug-likeness (QED) is 0.820. The molecule has 0 bridgehead atoms. The van der Waals surface area contributed by atoms with Crippen LogP contribution >= 0.6 is 0 Å². The molecule has 1 aliphatic rings. The highest BCUT2D eigenvalue weighted by molar-refractivity contribution is 5.48. The average Bonchev–Trinajstić information content (AvgIpc) is 2.86. The fraction of sp³-hybridized carbons (Fsp3) is 0.357. The van der Waals surface area contributed by atoms with Gasteiger partial charge in [-0.1, -0.05) is 6.07 Å². The molecule has 18 heavy (non-hydrogen) atoms. The first kappa shape index (κ1) is 11.1. The third-order valence-corrected chi connectivity index (χ3v) is 3.56. The Hall–Kier alpha value is -1.97. The van der Waals surface area contributed by atoms with Gasteiger partial charge in [0, 0.05) is 37.7 Å². The Balaban J connectivity index is 1.90. The summed E-state index contributed by atoms with van der Waals surface area (Å²) in [6, 6.07) is 6.22. The molecule has 0 atom stereocenters. The van der Waals surface area contributed by atoms with Crippen molar-refractivity contribution in [2.24, 2.45) is 0 Å². The van der Waals surface area contributed by atoms with Crippen LogP contribution in [-0.2, 0) is 19.5 Å². The molecule has 0 spiro atoms. The number of rotatable bonds is 2. The summed E-state index contributed by atoms with van der Waals surface area (Å²) in [5, 5.41) is 0. The molecule has 0 radical (unpaired) electrons. The Bertz CT molecular complexity index is 559. The van der Waals surface area contributed by atoms with Crippen LogP contribution in [0.15, 0.2) is 30.6 Å². The first-order valence-electron chi connectivity index (χ1n) is 6.41. The Morgan fingerprint density at radius 2 is 2.22 bits per heavy atom. The van der Waals surface area contributed by atoms with Crippen molar-refractivity contribution in [2.45, 2.75) is 26.4 Å². The molecule has 2 aromatic rings. The van der Waals surface area contributed by atoms with Crippen molar-refractivity contribution in [1.82, 2.24) is 9.55 Å². The lowest BCUT2D eigenvalue weighted by Crippen LogP contribution is -2.32. The molecule has 3 rings (SSSR count). The van der Waals surface area contributed by atoms with Gasteiger partial charge in [-0.25, -0.2) is 4.98 Å². The maximum absolute atomic E-state index is 5.86. The summed E-state index contributed by atoms with van der Waals surface area (Å²) >= 11 is 0. The van der Waals surface area contributed by atoms with E-state index in [1.54, 1.807) is 0 Å². The van der Waals surface area contributed by atoms with Crippen molar-refractivity contribution < 1.29 is 0 Å². The van der Waals surface area contributed by atoms with Crippen LogP contribution in [0.5, 0.6) is 0 Å². The standard InChI is InChI=1S/C14H18N4/c1-2-17-8-6-16-14(17)18-7-5-11-3-4-13(15)9-12(11)10-18/h3-4,6,8-9H,2,5,7,10,15H2,1H3. The van der Waals surface area contributed by atoms with Crippen LogP contribution < -0.4 is 10.6 Å². The summed E-state index contributed by atoms with van der Waals surface area (Å²) in [5.74, 6) is 1.06. The molecule has 1 aromatic heterocycles. The number of imidazole rings is 1. The van der Waals surface area contributed by atoms with Gasteiger partial charge in [-0.05, 0) is 36.6 Å². The molecule has 0 aliphatic carbocycles. The highest BCUT2D eigenvalue weighted by atomic mass is 15.3. The van der Waals surface area contributed by atoms with E-state index in [0.29, 0.717) is 0 Å². The second kappa shape index (κ2) is 4.37. The smallest absolute Gasteiger partial charge is 0.205 e. The van der Waals surface area contributed by atoms with E-state index >= 15 is 0 Å². The number of fused-ring (bicyclic) bond motifs is 1. The number of aromatic nitrogens is 2. The topological polar surface area (TPSA) is 47.1 Å². The van der Waals surface area contributed by atoms with Crippen molar-refractivity contribution in [2.75, 3.05) is 17.2 Å². The fourth-order valence-corrected chi connectivity index (χ4v) is 2.58. The lowest BCUT2D eigenvalue weighted by molar-refractivity contribution is 0.661. The molecule has 1 aliphatic heterocycles. The third kappa shape index (κ3) is 1.83. The van der Waals surface area contributed by atoms with Crippen LogP contribution in [0.4, 0.5) is 11.6 Å². The van der Waals surface area contributed by atoms with Crippen LogP contribution in [0.2, 0.25) is 0 Å². The van der Waals surface area contributed by atoms with Crippen LogP contribution in [0.3, 0.4) is 0 Å². The van der Waals surface area contributed by atoms with Gasteiger partial charge in [-0.15, -0.1) is 0 Å².